The number of unbranched alkanes of at least 4 members (excludes halogenated alkanes) is 1. The Labute approximate surface area is 324 Å². The second-order valence-electron chi connectivity index (χ2n) is 13.4. The molecule has 0 aromatic heterocycles. The number of carbonyl (C=O) groups excluding carboxylic acids is 3. The van der Waals surface area contributed by atoms with Crippen LogP contribution >= 0.6 is 11.8 Å². The molecule has 3 saturated heterocycles. The van der Waals surface area contributed by atoms with Gasteiger partial charge in [-0.15, -0.1) is 0 Å². The van der Waals surface area contributed by atoms with Gasteiger partial charge in [0.05, 0.1) is 43.7 Å². The van der Waals surface area contributed by atoms with E-state index in [9.17, 15) is 50.1 Å². The zero-order valence-electron chi connectivity index (χ0n) is 30.3. The van der Waals surface area contributed by atoms with Crippen molar-refractivity contribution in [2.75, 3.05) is 51.5 Å². The van der Waals surface area contributed by atoms with Crippen molar-refractivity contribution in [3.05, 3.63) is 0 Å². The van der Waals surface area contributed by atoms with E-state index < -0.39 is 112 Å². The third-order valence-corrected chi connectivity index (χ3v) is 10.4. The fourth-order valence-electron chi connectivity index (χ4n) is 5.89. The Morgan fingerprint density at radius 3 is 1.64 bits per heavy atom. The van der Waals surface area contributed by atoms with Gasteiger partial charge in [0.2, 0.25) is 11.8 Å². The molecule has 3 aliphatic heterocycles. The average molecular weight is 818 g/mol. The van der Waals surface area contributed by atoms with Crippen LogP contribution in [0.2, 0.25) is 0 Å². The molecule has 3 fully saturated rings. The van der Waals surface area contributed by atoms with Crippen LogP contribution in [0.15, 0.2) is 0 Å². The second kappa shape index (κ2) is 24.9. The van der Waals surface area contributed by atoms with Gasteiger partial charge < -0.3 is 92.0 Å². The number of aliphatic hydroxyl groups is 7. The first-order chi connectivity index (χ1) is 25.7. The van der Waals surface area contributed by atoms with Gasteiger partial charge in [-0.2, -0.15) is 11.8 Å². The molecule has 0 spiro atoms. The van der Waals surface area contributed by atoms with Gasteiger partial charge >= 0.3 is 0 Å². The highest BCUT2D eigenvalue weighted by Gasteiger charge is 2.48. The van der Waals surface area contributed by atoms with Crippen molar-refractivity contribution < 1.29 is 78.6 Å². The minimum Gasteiger partial charge on any atom is -0.394 e. The van der Waals surface area contributed by atoms with E-state index in [-0.39, 0.29) is 50.3 Å². The molecular formula is C33H63N5O16S. The number of ketones is 1. The number of ether oxygens (including phenoxy) is 6. The lowest BCUT2D eigenvalue weighted by molar-refractivity contribution is -0.312. The predicted molar refractivity (Wildman–Crippen MR) is 195 cm³/mol. The Bertz CT molecular complexity index is 1150. The standard InChI is InChI=1S/C32H59N5O16S.CH4/c1-36-19(40)7-8-37-20(41)14-54-10-4-6-15(39)5-2-3-9-48-30-21(33)28(46)25(43)17(52-30)12-50-32-23(35)29(47)26(44)18(53-32)13-49-31-22(34)27(45)24(42)16(11-38)51-31;/h16-18,21-32,38,42-47H,2-14,33-35H2,1H3,(H,36,40)(H,37,41);1H4. The van der Waals surface area contributed by atoms with Crippen LogP contribution in [-0.2, 0) is 42.8 Å². The number of aliphatic hydroxyl groups excluding tert-OH is 7. The molecule has 3 aliphatic rings. The third kappa shape index (κ3) is 14.9. The third-order valence-electron chi connectivity index (χ3n) is 9.34. The fraction of sp³-hybridized carbons (Fsp3) is 0.909. The van der Waals surface area contributed by atoms with E-state index in [4.69, 9.17) is 45.6 Å². The van der Waals surface area contributed by atoms with Gasteiger partial charge in [0, 0.05) is 39.5 Å². The van der Waals surface area contributed by atoms with E-state index in [0.717, 1.165) is 0 Å². The number of carbonyl (C=O) groups is 3. The minimum absolute atomic E-state index is 0. The summed E-state index contributed by atoms with van der Waals surface area (Å²) in [5.74, 6) is 0.633. The predicted octanol–water partition coefficient (Wildman–Crippen LogP) is -5.51. The molecule has 322 valence electrons. The van der Waals surface area contributed by atoms with Crippen LogP contribution in [0.4, 0.5) is 0 Å². The fourth-order valence-corrected chi connectivity index (χ4v) is 6.67. The van der Waals surface area contributed by atoms with Crippen molar-refractivity contribution >= 4 is 29.4 Å². The summed E-state index contributed by atoms with van der Waals surface area (Å²) in [5, 5.41) is 77.1. The van der Waals surface area contributed by atoms with E-state index >= 15 is 0 Å². The van der Waals surface area contributed by atoms with E-state index in [1.165, 1.54) is 18.8 Å². The van der Waals surface area contributed by atoms with E-state index in [2.05, 4.69) is 10.6 Å². The van der Waals surface area contributed by atoms with E-state index in [0.29, 0.717) is 37.9 Å². The van der Waals surface area contributed by atoms with Gasteiger partial charge in [-0.05, 0) is 25.0 Å². The van der Waals surface area contributed by atoms with Gasteiger partial charge in [0.1, 0.15) is 60.7 Å². The number of Topliss-reactive ketones (excluding diaryl/α,β-unsaturated/α-hetero) is 1. The number of nitrogens with two attached hydrogens (primary N) is 3. The minimum atomic E-state index is -1.56. The van der Waals surface area contributed by atoms with E-state index in [1.54, 1.807) is 0 Å². The molecule has 15 unspecified atom stereocenters. The molecule has 0 aliphatic carbocycles. The largest absolute Gasteiger partial charge is 0.394 e. The second-order valence-corrected chi connectivity index (χ2v) is 14.6. The van der Waals surface area contributed by atoms with Crippen molar-refractivity contribution in [1.82, 2.24) is 10.6 Å². The molecule has 0 saturated carbocycles. The van der Waals surface area contributed by atoms with Gasteiger partial charge in [-0.1, -0.05) is 7.43 Å². The molecule has 55 heavy (non-hydrogen) atoms. The summed E-state index contributed by atoms with van der Waals surface area (Å²) >= 11 is 1.41. The zero-order chi connectivity index (χ0) is 39.9. The van der Waals surface area contributed by atoms with Crippen molar-refractivity contribution in [3.63, 3.8) is 0 Å². The Balaban J connectivity index is 0.0000105. The molecule has 3 rings (SSSR count). The number of thioether (sulfide) groups is 1. The van der Waals surface area contributed by atoms with Crippen LogP contribution < -0.4 is 27.8 Å². The van der Waals surface area contributed by atoms with Gasteiger partial charge in [-0.3, -0.25) is 14.4 Å². The zero-order valence-corrected chi connectivity index (χ0v) is 31.1. The van der Waals surface area contributed by atoms with Crippen LogP contribution in [-0.4, -0.2) is 197 Å². The quantitative estimate of drug-likeness (QED) is 0.0453. The Hall–Kier alpha value is -1.68. The van der Waals surface area contributed by atoms with Crippen molar-refractivity contribution in [2.45, 2.75) is 138 Å². The summed E-state index contributed by atoms with van der Waals surface area (Å²) in [6, 6.07) is -3.59. The maximum absolute atomic E-state index is 12.3. The van der Waals surface area contributed by atoms with Crippen LogP contribution in [0, 0.1) is 0 Å². The molecule has 21 nitrogen and oxygen atoms in total. The highest BCUT2D eigenvalue weighted by Crippen LogP contribution is 2.27. The summed E-state index contributed by atoms with van der Waals surface area (Å²) in [4.78, 5) is 35.3. The lowest BCUT2D eigenvalue weighted by atomic mass is 9.96. The molecule has 3 heterocycles. The number of hydrogen-bond donors (Lipinski definition) is 12. The Morgan fingerprint density at radius 2 is 1.13 bits per heavy atom. The highest BCUT2D eigenvalue weighted by molar-refractivity contribution is 7.99. The lowest BCUT2D eigenvalue weighted by Gasteiger charge is -2.44. The SMILES string of the molecule is C.CNC(=O)CCNC(=O)CSCCCC(=O)CCCCOC1OC(COC2OC(COC3OC(CO)C(O)C(O)C3N)C(O)C(O)C2N)C(O)C(O)C1N. The van der Waals surface area contributed by atoms with Crippen LogP contribution in [0.1, 0.15) is 46.0 Å². The van der Waals surface area contributed by atoms with Crippen molar-refractivity contribution in [1.29, 1.82) is 0 Å². The topological polar surface area (TPSA) is 350 Å². The van der Waals surface area contributed by atoms with Gasteiger partial charge in [-0.25, -0.2) is 0 Å². The first kappa shape index (κ1) is 49.5. The molecule has 0 aromatic carbocycles. The average Bonchev–Trinajstić information content (AvgIpc) is 3.15. The molecule has 0 radical (unpaired) electrons. The molecular weight excluding hydrogens is 754 g/mol. The Morgan fingerprint density at radius 1 is 0.655 bits per heavy atom. The summed E-state index contributed by atoms with van der Waals surface area (Å²) in [6.07, 6.45) is -13.9. The maximum Gasteiger partial charge on any atom is 0.230 e. The van der Waals surface area contributed by atoms with E-state index in [1.807, 2.05) is 0 Å². The van der Waals surface area contributed by atoms with Crippen molar-refractivity contribution in [2.24, 2.45) is 17.2 Å². The molecule has 15 N–H and O–H groups in total. The number of rotatable bonds is 22. The summed E-state index contributed by atoms with van der Waals surface area (Å²) < 4.78 is 34.0. The number of hydrogen-bond acceptors (Lipinski definition) is 20. The van der Waals surface area contributed by atoms with Gasteiger partial charge in [0.15, 0.2) is 18.9 Å². The molecule has 0 aromatic rings. The van der Waals surface area contributed by atoms with Gasteiger partial charge in [0.25, 0.3) is 0 Å². The summed E-state index contributed by atoms with van der Waals surface area (Å²) in [7, 11) is 1.53. The molecule has 2 amide bonds. The summed E-state index contributed by atoms with van der Waals surface area (Å²) in [6.45, 7) is -1.07. The highest BCUT2D eigenvalue weighted by atomic mass is 32.2. The Kier molecular flexibility index (Phi) is 22.4. The summed E-state index contributed by atoms with van der Waals surface area (Å²) in [5.41, 5.74) is 18.0. The smallest absolute Gasteiger partial charge is 0.230 e. The van der Waals surface area contributed by atoms with Crippen LogP contribution in [0.25, 0.3) is 0 Å². The normalized spacial score (nSPS) is 36.5. The molecule has 15 atom stereocenters. The first-order valence-electron chi connectivity index (χ1n) is 18.0. The number of nitrogens with one attached hydrogen (secondary N) is 2. The maximum atomic E-state index is 12.3. The van der Waals surface area contributed by atoms with Crippen molar-refractivity contribution in [3.8, 4) is 0 Å². The number of amides is 2. The first-order valence-corrected chi connectivity index (χ1v) is 19.2. The lowest BCUT2D eigenvalue weighted by Crippen LogP contribution is -2.65. The molecule has 0 bridgehead atoms. The van der Waals surface area contributed by atoms with Crippen LogP contribution in [0.5, 0.6) is 0 Å². The monoisotopic (exact) mass is 817 g/mol. The molecule has 22 heteroatoms. The van der Waals surface area contributed by atoms with Crippen LogP contribution in [0.3, 0.4) is 0 Å².